The monoisotopic (exact) mass is 291 g/mol. The highest BCUT2D eigenvalue weighted by molar-refractivity contribution is 5.70. The number of aliphatic carboxylic acids is 1. The van der Waals surface area contributed by atoms with Gasteiger partial charge in [0.2, 0.25) is 0 Å². The second kappa shape index (κ2) is 7.46. The highest BCUT2D eigenvalue weighted by Gasteiger charge is 2.27. The first-order valence-electron chi connectivity index (χ1n) is 7.73. The molecule has 1 aliphatic rings. The number of methoxy groups -OCH3 is 1. The first-order valence-corrected chi connectivity index (χ1v) is 7.73. The van der Waals surface area contributed by atoms with Crippen LogP contribution in [0.15, 0.2) is 24.3 Å². The molecular weight excluding hydrogens is 266 g/mol. The first kappa shape index (κ1) is 15.8. The van der Waals surface area contributed by atoms with Gasteiger partial charge in [0.05, 0.1) is 13.0 Å². The maximum Gasteiger partial charge on any atom is 0.306 e. The zero-order valence-electron chi connectivity index (χ0n) is 12.9. The lowest BCUT2D eigenvalue weighted by Crippen LogP contribution is -2.43. The van der Waals surface area contributed by atoms with Gasteiger partial charge in [-0.05, 0) is 56.5 Å². The van der Waals surface area contributed by atoms with Gasteiger partial charge in [-0.15, -0.1) is 0 Å². The molecule has 0 spiro atoms. The van der Waals surface area contributed by atoms with E-state index in [0.29, 0.717) is 6.04 Å². The minimum Gasteiger partial charge on any atom is -0.497 e. The molecule has 116 valence electrons. The van der Waals surface area contributed by atoms with Crippen LogP contribution >= 0.6 is 0 Å². The number of carbonyl (C=O) groups is 1. The third-order valence-electron chi connectivity index (χ3n) is 4.50. The van der Waals surface area contributed by atoms with E-state index in [-0.39, 0.29) is 5.92 Å². The third kappa shape index (κ3) is 4.21. The lowest BCUT2D eigenvalue weighted by molar-refractivity contribution is -0.143. The Bertz CT molecular complexity index is 450. The van der Waals surface area contributed by atoms with Gasteiger partial charge in [-0.2, -0.15) is 0 Å². The molecule has 2 rings (SSSR count). The highest BCUT2D eigenvalue weighted by atomic mass is 16.5. The quantitative estimate of drug-likeness (QED) is 0.875. The molecule has 1 atom stereocenters. The van der Waals surface area contributed by atoms with Crippen LogP contribution in [0.25, 0.3) is 0 Å². The van der Waals surface area contributed by atoms with Gasteiger partial charge in [-0.1, -0.05) is 19.1 Å². The molecule has 1 saturated heterocycles. The van der Waals surface area contributed by atoms with Crippen molar-refractivity contribution < 1.29 is 14.6 Å². The van der Waals surface area contributed by atoms with Crippen molar-refractivity contribution in [1.29, 1.82) is 0 Å². The van der Waals surface area contributed by atoms with E-state index < -0.39 is 5.97 Å². The van der Waals surface area contributed by atoms with E-state index in [9.17, 15) is 4.79 Å². The molecule has 0 saturated carbocycles. The summed E-state index contributed by atoms with van der Waals surface area (Å²) in [6.07, 6.45) is 3.64. The number of ether oxygens (including phenoxy) is 1. The number of hydrogen-bond acceptors (Lipinski definition) is 3. The Labute approximate surface area is 126 Å². The van der Waals surface area contributed by atoms with Crippen molar-refractivity contribution >= 4 is 5.97 Å². The molecule has 1 aliphatic heterocycles. The van der Waals surface area contributed by atoms with Crippen molar-refractivity contribution in [2.75, 3.05) is 20.2 Å². The normalized spacial score (nSPS) is 18.4. The molecule has 4 heteroatoms. The van der Waals surface area contributed by atoms with Crippen molar-refractivity contribution in [1.82, 2.24) is 4.90 Å². The van der Waals surface area contributed by atoms with Crippen molar-refractivity contribution in [2.24, 2.45) is 5.92 Å². The van der Waals surface area contributed by atoms with Crippen LogP contribution in [-0.4, -0.2) is 42.2 Å². The predicted molar refractivity (Wildman–Crippen MR) is 82.7 cm³/mol. The fourth-order valence-corrected chi connectivity index (χ4v) is 3.08. The van der Waals surface area contributed by atoms with Gasteiger partial charge < -0.3 is 14.7 Å². The smallest absolute Gasteiger partial charge is 0.306 e. The Hall–Kier alpha value is -1.55. The van der Waals surface area contributed by atoms with Crippen LogP contribution in [0, 0.1) is 5.92 Å². The van der Waals surface area contributed by atoms with Crippen LogP contribution in [0.3, 0.4) is 0 Å². The molecule has 0 aliphatic carbocycles. The number of benzene rings is 1. The minimum atomic E-state index is -0.641. The van der Waals surface area contributed by atoms with Crippen LogP contribution < -0.4 is 4.74 Å². The SMILES string of the molecule is CCC(Cc1ccc(OC)cc1)N1CCC(C(=O)O)CC1. The van der Waals surface area contributed by atoms with Crippen LogP contribution in [0.2, 0.25) is 0 Å². The average molecular weight is 291 g/mol. The van der Waals surface area contributed by atoms with Crippen LogP contribution in [-0.2, 0) is 11.2 Å². The minimum absolute atomic E-state index is 0.153. The molecule has 1 aromatic carbocycles. The molecule has 0 bridgehead atoms. The number of carboxylic acids is 1. The van der Waals surface area contributed by atoms with Crippen LogP contribution in [0.1, 0.15) is 31.7 Å². The second-order valence-electron chi connectivity index (χ2n) is 5.76. The molecule has 21 heavy (non-hydrogen) atoms. The summed E-state index contributed by atoms with van der Waals surface area (Å²) < 4.78 is 5.18. The summed E-state index contributed by atoms with van der Waals surface area (Å²) in [6, 6.07) is 8.72. The fourth-order valence-electron chi connectivity index (χ4n) is 3.08. The van der Waals surface area contributed by atoms with E-state index in [4.69, 9.17) is 9.84 Å². The molecule has 1 unspecified atom stereocenters. The first-order chi connectivity index (χ1) is 10.1. The van der Waals surface area contributed by atoms with Gasteiger partial charge >= 0.3 is 5.97 Å². The fraction of sp³-hybridized carbons (Fsp3) is 0.588. The molecule has 0 amide bonds. The summed E-state index contributed by atoms with van der Waals surface area (Å²) in [5, 5.41) is 9.07. The zero-order chi connectivity index (χ0) is 15.2. The number of carboxylic acid groups (broad SMARTS) is 1. The summed E-state index contributed by atoms with van der Waals surface area (Å²) >= 11 is 0. The van der Waals surface area contributed by atoms with Crippen molar-refractivity contribution in [3.63, 3.8) is 0 Å². The van der Waals surface area contributed by atoms with E-state index in [1.807, 2.05) is 12.1 Å². The Morgan fingerprint density at radius 2 is 1.95 bits per heavy atom. The lowest BCUT2D eigenvalue weighted by atomic mass is 9.94. The summed E-state index contributed by atoms with van der Waals surface area (Å²) in [4.78, 5) is 13.5. The van der Waals surface area contributed by atoms with Crippen molar-refractivity contribution in [3.8, 4) is 5.75 Å². The highest BCUT2D eigenvalue weighted by Crippen LogP contribution is 2.22. The number of rotatable bonds is 6. The van der Waals surface area contributed by atoms with Gasteiger partial charge in [-0.3, -0.25) is 4.79 Å². The van der Waals surface area contributed by atoms with E-state index in [1.54, 1.807) is 7.11 Å². The van der Waals surface area contributed by atoms with Gasteiger partial charge in [0.15, 0.2) is 0 Å². The average Bonchev–Trinajstić information content (AvgIpc) is 2.53. The molecule has 0 radical (unpaired) electrons. The number of likely N-dealkylation sites (tertiary alicyclic amines) is 1. The van der Waals surface area contributed by atoms with Gasteiger partial charge in [-0.25, -0.2) is 0 Å². The number of piperidine rings is 1. The van der Waals surface area contributed by atoms with E-state index in [0.717, 1.165) is 44.5 Å². The summed E-state index contributed by atoms with van der Waals surface area (Å²) in [7, 11) is 1.68. The van der Waals surface area contributed by atoms with Crippen LogP contribution in [0.4, 0.5) is 0 Å². The van der Waals surface area contributed by atoms with Gasteiger partial charge in [0.1, 0.15) is 5.75 Å². The van der Waals surface area contributed by atoms with Crippen molar-refractivity contribution in [2.45, 2.75) is 38.6 Å². The predicted octanol–water partition coefficient (Wildman–Crippen LogP) is 2.81. The van der Waals surface area contributed by atoms with E-state index in [1.165, 1.54) is 5.56 Å². The molecule has 4 nitrogen and oxygen atoms in total. The molecule has 1 heterocycles. The van der Waals surface area contributed by atoms with E-state index in [2.05, 4.69) is 24.0 Å². The Morgan fingerprint density at radius 3 is 2.43 bits per heavy atom. The van der Waals surface area contributed by atoms with Crippen molar-refractivity contribution in [3.05, 3.63) is 29.8 Å². The van der Waals surface area contributed by atoms with Gasteiger partial charge in [0, 0.05) is 6.04 Å². The summed E-state index contributed by atoms with van der Waals surface area (Å²) in [5.74, 6) is 0.0895. The second-order valence-corrected chi connectivity index (χ2v) is 5.76. The zero-order valence-corrected chi connectivity index (χ0v) is 12.9. The molecule has 1 N–H and O–H groups in total. The van der Waals surface area contributed by atoms with Crippen LogP contribution in [0.5, 0.6) is 5.75 Å². The molecule has 1 aromatic rings. The molecular formula is C17H25NO3. The largest absolute Gasteiger partial charge is 0.497 e. The third-order valence-corrected chi connectivity index (χ3v) is 4.50. The topological polar surface area (TPSA) is 49.8 Å². The molecule has 0 aromatic heterocycles. The Balaban J connectivity index is 1.92. The Morgan fingerprint density at radius 1 is 1.33 bits per heavy atom. The molecule has 1 fully saturated rings. The number of nitrogens with zero attached hydrogens (tertiary/aromatic N) is 1. The summed E-state index contributed by atoms with van der Waals surface area (Å²) in [5.41, 5.74) is 1.31. The van der Waals surface area contributed by atoms with E-state index >= 15 is 0 Å². The lowest BCUT2D eigenvalue weighted by Gasteiger charge is -2.36. The maximum atomic E-state index is 11.0. The standard InChI is InChI=1S/C17H25NO3/c1-3-15(12-13-4-6-16(21-2)7-5-13)18-10-8-14(9-11-18)17(19)20/h4-7,14-15H,3,8-12H2,1-2H3,(H,19,20). The number of hydrogen-bond donors (Lipinski definition) is 1. The van der Waals surface area contributed by atoms with Gasteiger partial charge in [0.25, 0.3) is 0 Å². The maximum absolute atomic E-state index is 11.0. The Kier molecular flexibility index (Phi) is 5.62. The summed E-state index contributed by atoms with van der Waals surface area (Å²) in [6.45, 7) is 3.99.